The molecule has 0 saturated carbocycles. The van der Waals surface area contributed by atoms with Gasteiger partial charge in [-0.2, -0.15) is 0 Å². The molecule has 0 unspecified atom stereocenters. The highest BCUT2D eigenvalue weighted by molar-refractivity contribution is 9.10. The van der Waals surface area contributed by atoms with Crippen LogP contribution in [0.5, 0.6) is 17.2 Å². The summed E-state index contributed by atoms with van der Waals surface area (Å²) >= 11 is 3.34. The van der Waals surface area contributed by atoms with E-state index in [1.54, 1.807) is 43.5 Å². The van der Waals surface area contributed by atoms with Gasteiger partial charge in [-0.1, -0.05) is 28.1 Å². The predicted molar refractivity (Wildman–Crippen MR) is 88.7 cm³/mol. The lowest BCUT2D eigenvalue weighted by atomic mass is 10.1. The van der Waals surface area contributed by atoms with Crippen molar-refractivity contribution in [3.05, 3.63) is 58.1 Å². The second-order valence-corrected chi connectivity index (χ2v) is 5.33. The quantitative estimate of drug-likeness (QED) is 0.643. The van der Waals surface area contributed by atoms with Gasteiger partial charge < -0.3 is 14.6 Å². The number of hydrogen-bond acceptors (Lipinski definition) is 4. The average Bonchev–Trinajstić information content (AvgIpc) is 2.53. The summed E-state index contributed by atoms with van der Waals surface area (Å²) in [4.78, 5) is 12.2. The van der Waals surface area contributed by atoms with Gasteiger partial charge in [0, 0.05) is 10.0 Å². The molecule has 22 heavy (non-hydrogen) atoms. The number of carbonyl (C=O) groups is 1. The fourth-order valence-electron chi connectivity index (χ4n) is 1.89. The molecule has 2 aromatic rings. The van der Waals surface area contributed by atoms with E-state index in [1.165, 1.54) is 19.3 Å². The summed E-state index contributed by atoms with van der Waals surface area (Å²) in [5.74, 6) is 0.868. The van der Waals surface area contributed by atoms with Gasteiger partial charge in [-0.05, 0) is 42.0 Å². The first-order chi connectivity index (χ1) is 10.5. The molecule has 4 nitrogen and oxygen atoms in total. The molecule has 114 valence electrons. The summed E-state index contributed by atoms with van der Waals surface area (Å²) in [5, 5.41) is 9.67. The van der Waals surface area contributed by atoms with Crippen LogP contribution in [0.15, 0.2) is 46.9 Å². The van der Waals surface area contributed by atoms with Gasteiger partial charge >= 0.3 is 0 Å². The third-order valence-corrected chi connectivity index (χ3v) is 3.75. The van der Waals surface area contributed by atoms with Crippen LogP contribution in [0.1, 0.15) is 15.9 Å². The van der Waals surface area contributed by atoms with Gasteiger partial charge in [0.15, 0.2) is 17.3 Å². The molecular formula is C17H15BrO4. The second kappa shape index (κ2) is 7.13. The lowest BCUT2D eigenvalue weighted by molar-refractivity contribution is 0.104. The Morgan fingerprint density at radius 3 is 2.64 bits per heavy atom. The number of rotatable bonds is 5. The van der Waals surface area contributed by atoms with Crippen molar-refractivity contribution in [2.45, 2.75) is 0 Å². The van der Waals surface area contributed by atoms with Crippen molar-refractivity contribution in [1.29, 1.82) is 0 Å². The van der Waals surface area contributed by atoms with Crippen molar-refractivity contribution in [2.24, 2.45) is 0 Å². The third kappa shape index (κ3) is 3.68. The van der Waals surface area contributed by atoms with Crippen LogP contribution in [0, 0.1) is 0 Å². The van der Waals surface area contributed by atoms with Crippen LogP contribution < -0.4 is 9.47 Å². The number of halogens is 1. The minimum Gasteiger partial charge on any atom is -0.504 e. The Morgan fingerprint density at radius 1 is 1.18 bits per heavy atom. The zero-order valence-electron chi connectivity index (χ0n) is 12.2. The maximum Gasteiger partial charge on any atom is 0.185 e. The van der Waals surface area contributed by atoms with Crippen LogP contribution in [-0.4, -0.2) is 25.1 Å². The molecule has 0 radical (unpaired) electrons. The monoisotopic (exact) mass is 362 g/mol. The molecule has 0 heterocycles. The largest absolute Gasteiger partial charge is 0.504 e. The predicted octanol–water partition coefficient (Wildman–Crippen LogP) is 4.07. The molecule has 1 N–H and O–H groups in total. The van der Waals surface area contributed by atoms with Crippen molar-refractivity contribution in [2.75, 3.05) is 14.2 Å². The average molecular weight is 363 g/mol. The number of ether oxygens (including phenoxy) is 2. The molecule has 0 fully saturated rings. The minimum absolute atomic E-state index is 0.0330. The van der Waals surface area contributed by atoms with Crippen LogP contribution in [0.2, 0.25) is 0 Å². The summed E-state index contributed by atoms with van der Waals surface area (Å²) in [6.07, 6.45) is 3.12. The molecule has 2 rings (SSSR count). The van der Waals surface area contributed by atoms with E-state index in [2.05, 4.69) is 15.9 Å². The van der Waals surface area contributed by atoms with E-state index in [0.717, 1.165) is 5.56 Å². The highest BCUT2D eigenvalue weighted by atomic mass is 79.9. The van der Waals surface area contributed by atoms with E-state index in [-0.39, 0.29) is 11.5 Å². The minimum atomic E-state index is -0.141. The van der Waals surface area contributed by atoms with Gasteiger partial charge in [-0.3, -0.25) is 4.79 Å². The van der Waals surface area contributed by atoms with Gasteiger partial charge in [0.05, 0.1) is 14.2 Å². The van der Waals surface area contributed by atoms with Crippen LogP contribution in [0.3, 0.4) is 0 Å². The number of allylic oxidation sites excluding steroid dienone is 1. The molecule has 0 atom stereocenters. The number of ketones is 1. The molecule has 0 aliphatic carbocycles. The summed E-state index contributed by atoms with van der Waals surface area (Å²) in [6.45, 7) is 0. The van der Waals surface area contributed by atoms with Crippen molar-refractivity contribution in [1.82, 2.24) is 0 Å². The number of phenolic OH excluding ortho intramolecular Hbond substituents is 1. The number of hydrogen-bond donors (Lipinski definition) is 1. The number of carbonyl (C=O) groups excluding carboxylic acids is 1. The summed E-state index contributed by atoms with van der Waals surface area (Å²) < 4.78 is 10.8. The van der Waals surface area contributed by atoms with Crippen molar-refractivity contribution in [3.8, 4) is 17.2 Å². The van der Waals surface area contributed by atoms with E-state index >= 15 is 0 Å². The number of benzene rings is 2. The first-order valence-electron chi connectivity index (χ1n) is 6.48. The summed E-state index contributed by atoms with van der Waals surface area (Å²) in [7, 11) is 3.02. The van der Waals surface area contributed by atoms with E-state index in [1.807, 2.05) is 0 Å². The fourth-order valence-corrected chi connectivity index (χ4v) is 2.35. The maximum absolute atomic E-state index is 12.2. The standard InChI is InChI=1S/C17H15BrO4/c1-21-13-5-3-4-12(8-13)15(19)7-6-11-9-17(22-2)16(20)10-14(11)18/h3-10,20H,1-2H3/b7-6+. The number of aromatic hydroxyl groups is 1. The zero-order chi connectivity index (χ0) is 16.1. The Labute approximate surface area is 137 Å². The lowest BCUT2D eigenvalue weighted by Gasteiger charge is -2.06. The summed E-state index contributed by atoms with van der Waals surface area (Å²) in [5.41, 5.74) is 1.27. The van der Waals surface area contributed by atoms with Gasteiger partial charge in [-0.15, -0.1) is 0 Å². The molecule has 0 amide bonds. The highest BCUT2D eigenvalue weighted by Crippen LogP contribution is 2.33. The SMILES string of the molecule is COc1cccc(C(=O)/C=C/c2cc(OC)c(O)cc2Br)c1. The highest BCUT2D eigenvalue weighted by Gasteiger charge is 2.07. The molecule has 0 aliphatic heterocycles. The fraction of sp³-hybridized carbons (Fsp3) is 0.118. The lowest BCUT2D eigenvalue weighted by Crippen LogP contribution is -1.95. The molecule has 0 spiro atoms. The van der Waals surface area contributed by atoms with Gasteiger partial charge in [0.2, 0.25) is 0 Å². The van der Waals surface area contributed by atoms with E-state index in [4.69, 9.17) is 9.47 Å². The Morgan fingerprint density at radius 2 is 1.95 bits per heavy atom. The molecule has 5 heteroatoms. The van der Waals surface area contributed by atoms with Crippen LogP contribution in [0.4, 0.5) is 0 Å². The van der Waals surface area contributed by atoms with E-state index < -0.39 is 0 Å². The van der Waals surface area contributed by atoms with E-state index in [0.29, 0.717) is 21.5 Å². The van der Waals surface area contributed by atoms with Gasteiger partial charge in [0.1, 0.15) is 5.75 Å². The van der Waals surface area contributed by atoms with Crippen LogP contribution >= 0.6 is 15.9 Å². The van der Waals surface area contributed by atoms with Crippen molar-refractivity contribution < 1.29 is 19.4 Å². The van der Waals surface area contributed by atoms with Crippen molar-refractivity contribution in [3.63, 3.8) is 0 Å². The zero-order valence-corrected chi connectivity index (χ0v) is 13.8. The maximum atomic E-state index is 12.2. The van der Waals surface area contributed by atoms with Gasteiger partial charge in [0.25, 0.3) is 0 Å². The molecule has 2 aromatic carbocycles. The first kappa shape index (κ1) is 16.1. The Hall–Kier alpha value is -2.27. The van der Waals surface area contributed by atoms with Crippen LogP contribution in [0.25, 0.3) is 6.08 Å². The topological polar surface area (TPSA) is 55.8 Å². The molecular weight excluding hydrogens is 348 g/mol. The number of methoxy groups -OCH3 is 2. The molecule has 0 saturated heterocycles. The number of phenols is 1. The van der Waals surface area contributed by atoms with E-state index in [9.17, 15) is 9.90 Å². The Balaban J connectivity index is 2.26. The van der Waals surface area contributed by atoms with Crippen LogP contribution in [-0.2, 0) is 0 Å². The second-order valence-electron chi connectivity index (χ2n) is 4.48. The third-order valence-electron chi connectivity index (χ3n) is 3.07. The Bertz CT molecular complexity index is 723. The van der Waals surface area contributed by atoms with Gasteiger partial charge in [-0.25, -0.2) is 0 Å². The molecule has 0 aromatic heterocycles. The Kier molecular flexibility index (Phi) is 5.22. The molecule has 0 aliphatic rings. The smallest absolute Gasteiger partial charge is 0.185 e. The first-order valence-corrected chi connectivity index (χ1v) is 7.27. The summed E-state index contributed by atoms with van der Waals surface area (Å²) in [6, 6.07) is 10.1. The normalized spacial score (nSPS) is 10.7. The molecule has 0 bridgehead atoms. The van der Waals surface area contributed by atoms with Crippen molar-refractivity contribution >= 4 is 27.8 Å².